The van der Waals surface area contributed by atoms with Crippen molar-refractivity contribution in [2.45, 2.75) is 44.4 Å². The van der Waals surface area contributed by atoms with Crippen LogP contribution in [0.3, 0.4) is 0 Å². The maximum atomic E-state index is 5.53. The fourth-order valence-electron chi connectivity index (χ4n) is 3.68. The highest BCUT2D eigenvalue weighted by molar-refractivity contribution is 7.19. The largest absolute Gasteiger partial charge is 0.378 e. The van der Waals surface area contributed by atoms with Crippen LogP contribution in [0.25, 0.3) is 10.2 Å². The first-order chi connectivity index (χ1) is 10.9. The molecule has 0 amide bonds. The molecule has 0 atom stereocenters. The van der Waals surface area contributed by atoms with E-state index in [1.807, 2.05) is 11.3 Å². The number of aromatic nitrogens is 2. The molecule has 116 valence electrons. The predicted octanol–water partition coefficient (Wildman–Crippen LogP) is 3.28. The minimum atomic E-state index is 0.614. The molecule has 3 aliphatic rings. The molecule has 3 heterocycles. The van der Waals surface area contributed by atoms with Gasteiger partial charge in [-0.1, -0.05) is 0 Å². The molecule has 0 radical (unpaired) electrons. The summed E-state index contributed by atoms with van der Waals surface area (Å²) >= 11 is 1.93. The number of hydrogen-bond donors (Lipinski definition) is 0. The number of anilines is 1. The van der Waals surface area contributed by atoms with Crippen LogP contribution in [0.5, 0.6) is 0 Å². The molecule has 1 aliphatic heterocycles. The number of rotatable bonds is 2. The average Bonchev–Trinajstić information content (AvgIpc) is 3.35. The van der Waals surface area contributed by atoms with Crippen molar-refractivity contribution >= 4 is 27.4 Å². The van der Waals surface area contributed by atoms with Crippen LogP contribution in [0, 0.1) is 0 Å². The summed E-state index contributed by atoms with van der Waals surface area (Å²) in [6.07, 6.45) is 7.61. The SMILES string of the molecule is C1CCc2c(sc3nc(C4CC4)nc(N4CCOCC4)c23)C1. The molecule has 5 heteroatoms. The van der Waals surface area contributed by atoms with E-state index in [0.717, 1.165) is 32.1 Å². The van der Waals surface area contributed by atoms with Gasteiger partial charge in [0.15, 0.2) is 0 Å². The molecule has 0 unspecified atom stereocenters. The van der Waals surface area contributed by atoms with Gasteiger partial charge in [-0.25, -0.2) is 9.97 Å². The molecule has 0 aromatic carbocycles. The number of morpholine rings is 1. The smallest absolute Gasteiger partial charge is 0.141 e. The van der Waals surface area contributed by atoms with Gasteiger partial charge in [0.05, 0.1) is 18.6 Å². The Balaban J connectivity index is 1.71. The first kappa shape index (κ1) is 13.3. The van der Waals surface area contributed by atoms with Crippen LogP contribution in [0.2, 0.25) is 0 Å². The number of nitrogens with zero attached hydrogens (tertiary/aromatic N) is 3. The molecule has 5 rings (SSSR count). The van der Waals surface area contributed by atoms with Gasteiger partial charge in [0, 0.05) is 23.9 Å². The fourth-order valence-corrected chi connectivity index (χ4v) is 4.95. The minimum absolute atomic E-state index is 0.614. The Bertz CT molecular complexity index is 716. The van der Waals surface area contributed by atoms with Crippen LogP contribution < -0.4 is 4.90 Å². The summed E-state index contributed by atoms with van der Waals surface area (Å²) in [4.78, 5) is 15.2. The quantitative estimate of drug-likeness (QED) is 0.852. The van der Waals surface area contributed by atoms with Crippen LogP contribution in [0.15, 0.2) is 0 Å². The third-order valence-corrected chi connectivity index (χ3v) is 6.25. The van der Waals surface area contributed by atoms with Gasteiger partial charge in [0.2, 0.25) is 0 Å². The van der Waals surface area contributed by atoms with E-state index < -0.39 is 0 Å². The summed E-state index contributed by atoms with van der Waals surface area (Å²) in [6, 6.07) is 0. The Morgan fingerprint density at radius 1 is 1.05 bits per heavy atom. The van der Waals surface area contributed by atoms with Gasteiger partial charge in [0.25, 0.3) is 0 Å². The topological polar surface area (TPSA) is 38.2 Å². The Hall–Kier alpha value is -1.20. The van der Waals surface area contributed by atoms with Crippen LogP contribution in [-0.2, 0) is 17.6 Å². The van der Waals surface area contributed by atoms with Crippen molar-refractivity contribution in [3.05, 3.63) is 16.3 Å². The van der Waals surface area contributed by atoms with Gasteiger partial charge in [-0.15, -0.1) is 11.3 Å². The van der Waals surface area contributed by atoms with E-state index >= 15 is 0 Å². The predicted molar refractivity (Wildman–Crippen MR) is 89.1 cm³/mol. The molecule has 2 aliphatic carbocycles. The number of fused-ring (bicyclic) bond motifs is 3. The molecule has 2 aromatic heterocycles. The Morgan fingerprint density at radius 2 is 1.86 bits per heavy atom. The maximum absolute atomic E-state index is 5.53. The summed E-state index contributed by atoms with van der Waals surface area (Å²) in [5, 5.41) is 1.37. The lowest BCUT2D eigenvalue weighted by molar-refractivity contribution is 0.122. The molecule has 1 saturated carbocycles. The summed E-state index contributed by atoms with van der Waals surface area (Å²) in [6.45, 7) is 3.55. The number of aryl methyl sites for hydroxylation is 2. The molecule has 22 heavy (non-hydrogen) atoms. The van der Waals surface area contributed by atoms with E-state index in [1.165, 1.54) is 54.6 Å². The summed E-state index contributed by atoms with van der Waals surface area (Å²) in [5.74, 6) is 2.91. The van der Waals surface area contributed by atoms with Crippen molar-refractivity contribution in [1.82, 2.24) is 9.97 Å². The standard InChI is InChI=1S/C17H21N3OS/c1-2-4-13-12(3-1)14-16(20-7-9-21-10-8-20)18-15(11-5-6-11)19-17(14)22-13/h11H,1-10H2. The van der Waals surface area contributed by atoms with E-state index in [1.54, 1.807) is 10.4 Å². The highest BCUT2D eigenvalue weighted by atomic mass is 32.1. The molecule has 0 spiro atoms. The molecule has 4 nitrogen and oxygen atoms in total. The van der Waals surface area contributed by atoms with E-state index in [-0.39, 0.29) is 0 Å². The Kier molecular flexibility index (Phi) is 3.11. The minimum Gasteiger partial charge on any atom is -0.378 e. The van der Waals surface area contributed by atoms with E-state index in [4.69, 9.17) is 14.7 Å². The molecule has 2 fully saturated rings. The molecule has 2 aromatic rings. The molecule has 0 N–H and O–H groups in total. The second-order valence-electron chi connectivity index (χ2n) is 6.67. The maximum Gasteiger partial charge on any atom is 0.141 e. The summed E-state index contributed by atoms with van der Waals surface area (Å²) in [5.41, 5.74) is 1.55. The van der Waals surface area contributed by atoms with Crippen LogP contribution >= 0.6 is 11.3 Å². The number of hydrogen-bond acceptors (Lipinski definition) is 5. The second-order valence-corrected chi connectivity index (χ2v) is 7.75. The lowest BCUT2D eigenvalue weighted by Gasteiger charge is -2.29. The zero-order chi connectivity index (χ0) is 14.5. The lowest BCUT2D eigenvalue weighted by atomic mass is 9.97. The Morgan fingerprint density at radius 3 is 2.68 bits per heavy atom. The van der Waals surface area contributed by atoms with Crippen LogP contribution in [0.1, 0.15) is 47.9 Å². The van der Waals surface area contributed by atoms with E-state index in [0.29, 0.717) is 5.92 Å². The fraction of sp³-hybridized carbons (Fsp3) is 0.647. The van der Waals surface area contributed by atoms with Crippen molar-refractivity contribution in [3.63, 3.8) is 0 Å². The third-order valence-electron chi connectivity index (χ3n) is 5.07. The molecule has 1 saturated heterocycles. The Labute approximate surface area is 134 Å². The van der Waals surface area contributed by atoms with Gasteiger partial charge < -0.3 is 9.64 Å². The van der Waals surface area contributed by atoms with E-state index in [9.17, 15) is 0 Å². The van der Waals surface area contributed by atoms with Crippen molar-refractivity contribution in [3.8, 4) is 0 Å². The third kappa shape index (κ3) is 2.14. The first-order valence-electron chi connectivity index (χ1n) is 8.55. The van der Waals surface area contributed by atoms with Gasteiger partial charge in [-0.3, -0.25) is 0 Å². The van der Waals surface area contributed by atoms with Crippen molar-refractivity contribution < 1.29 is 4.74 Å². The van der Waals surface area contributed by atoms with Crippen LogP contribution in [-0.4, -0.2) is 36.3 Å². The summed E-state index contributed by atoms with van der Waals surface area (Å²) < 4.78 is 5.53. The molecular formula is C17H21N3OS. The van der Waals surface area contributed by atoms with Crippen molar-refractivity contribution in [1.29, 1.82) is 0 Å². The highest BCUT2D eigenvalue weighted by Gasteiger charge is 2.31. The second kappa shape index (κ2) is 5.17. The first-order valence-corrected chi connectivity index (χ1v) is 9.36. The van der Waals surface area contributed by atoms with Gasteiger partial charge >= 0.3 is 0 Å². The zero-order valence-corrected chi connectivity index (χ0v) is 13.6. The summed E-state index contributed by atoms with van der Waals surface area (Å²) in [7, 11) is 0. The van der Waals surface area contributed by atoms with Gasteiger partial charge in [0.1, 0.15) is 16.5 Å². The lowest BCUT2D eigenvalue weighted by Crippen LogP contribution is -2.37. The molecular weight excluding hydrogens is 294 g/mol. The van der Waals surface area contributed by atoms with Gasteiger partial charge in [-0.05, 0) is 44.1 Å². The van der Waals surface area contributed by atoms with Crippen LogP contribution in [0.4, 0.5) is 5.82 Å². The van der Waals surface area contributed by atoms with Gasteiger partial charge in [-0.2, -0.15) is 0 Å². The average molecular weight is 315 g/mol. The molecule has 0 bridgehead atoms. The number of ether oxygens (including phenoxy) is 1. The van der Waals surface area contributed by atoms with E-state index in [2.05, 4.69) is 4.90 Å². The highest BCUT2D eigenvalue weighted by Crippen LogP contribution is 2.44. The van der Waals surface area contributed by atoms with Crippen molar-refractivity contribution in [2.24, 2.45) is 0 Å². The normalized spacial score (nSPS) is 22.1. The number of thiophene rings is 1. The van der Waals surface area contributed by atoms with Crippen molar-refractivity contribution in [2.75, 3.05) is 31.2 Å². The monoisotopic (exact) mass is 315 g/mol. The zero-order valence-electron chi connectivity index (χ0n) is 12.8.